The summed E-state index contributed by atoms with van der Waals surface area (Å²) < 4.78 is 7.28. The minimum Gasteiger partial charge on any atom is -0.858 e. The Morgan fingerprint density at radius 2 is 2.11 bits per heavy atom. The van der Waals surface area contributed by atoms with Gasteiger partial charge in [-0.1, -0.05) is 44.2 Å². The van der Waals surface area contributed by atoms with Crippen LogP contribution in [0.5, 0.6) is 0 Å². The summed E-state index contributed by atoms with van der Waals surface area (Å²) in [6.07, 6.45) is 0. The van der Waals surface area contributed by atoms with Gasteiger partial charge in [0, 0.05) is 21.8 Å². The Labute approximate surface area is 119 Å². The van der Waals surface area contributed by atoms with Crippen LogP contribution in [0.1, 0.15) is 19.4 Å². The van der Waals surface area contributed by atoms with Crippen LogP contribution in [-0.2, 0) is 6.54 Å². The topological polar surface area (TPSA) is 65.3 Å². The molecule has 1 aromatic carbocycles. The van der Waals surface area contributed by atoms with E-state index < -0.39 is 0 Å². The third-order valence-corrected chi connectivity index (χ3v) is 3.14. The fourth-order valence-electron chi connectivity index (χ4n) is 1.54. The van der Waals surface area contributed by atoms with E-state index in [9.17, 15) is 5.11 Å². The van der Waals surface area contributed by atoms with Crippen LogP contribution < -0.4 is 9.79 Å². The van der Waals surface area contributed by atoms with E-state index in [0.29, 0.717) is 22.6 Å². The Kier molecular flexibility index (Phi) is 4.31. The van der Waals surface area contributed by atoms with Crippen LogP contribution in [0.25, 0.3) is 0 Å². The monoisotopic (exact) mass is 323 g/mol. The molecule has 2 rings (SSSR count). The smallest absolute Gasteiger partial charge is 0.341 e. The van der Waals surface area contributed by atoms with Gasteiger partial charge in [-0.2, -0.15) is 0 Å². The van der Waals surface area contributed by atoms with Gasteiger partial charge in [0.1, 0.15) is 0 Å². The number of aliphatic imine (C=N–C) groups is 1. The maximum absolute atomic E-state index is 11.9. The minimum absolute atomic E-state index is 0.189. The van der Waals surface area contributed by atoms with Crippen LogP contribution in [0, 0.1) is 5.92 Å². The number of nitrogens with zero attached hydrogens (tertiary/aromatic N) is 3. The van der Waals surface area contributed by atoms with E-state index in [0.717, 1.165) is 0 Å². The number of hydrogen-bond acceptors (Lipinski definition) is 4. The second-order valence-corrected chi connectivity index (χ2v) is 5.28. The summed E-state index contributed by atoms with van der Waals surface area (Å²) in [5.74, 6) is 0.257. The van der Waals surface area contributed by atoms with Crippen LogP contribution >= 0.6 is 15.9 Å². The summed E-state index contributed by atoms with van der Waals surface area (Å²) >= 11 is 3.34. The van der Waals surface area contributed by atoms with E-state index in [1.807, 2.05) is 6.07 Å². The third-order valence-electron chi connectivity index (χ3n) is 2.39. The van der Waals surface area contributed by atoms with Crippen molar-refractivity contribution in [3.05, 3.63) is 40.5 Å². The summed E-state index contributed by atoms with van der Waals surface area (Å²) in [7, 11) is 0. The van der Waals surface area contributed by atoms with E-state index in [1.165, 1.54) is 0 Å². The molecule has 0 aliphatic heterocycles. The normalized spacial score (nSPS) is 12.1. The van der Waals surface area contributed by atoms with E-state index in [2.05, 4.69) is 40.0 Å². The Hall–Kier alpha value is -1.69. The van der Waals surface area contributed by atoms with Gasteiger partial charge in [0.05, 0.1) is 0 Å². The fourth-order valence-corrected chi connectivity index (χ4v) is 1.91. The molecule has 0 aliphatic rings. The number of rotatable bonds is 4. The average molecular weight is 324 g/mol. The molecule has 0 N–H and O–H groups in total. The number of halogens is 1. The molecule has 0 fully saturated rings. The highest BCUT2D eigenvalue weighted by Gasteiger charge is 2.22. The van der Waals surface area contributed by atoms with E-state index in [4.69, 9.17) is 4.52 Å². The van der Waals surface area contributed by atoms with Gasteiger partial charge < -0.3 is 5.11 Å². The number of benzene rings is 1. The van der Waals surface area contributed by atoms with Crippen molar-refractivity contribution in [3.8, 4) is 0 Å². The molecule has 0 saturated heterocycles. The van der Waals surface area contributed by atoms with E-state index in [1.54, 1.807) is 28.9 Å². The highest BCUT2D eigenvalue weighted by Crippen LogP contribution is 2.21. The number of hydrogen-bond donors (Lipinski definition) is 0. The van der Waals surface area contributed by atoms with Crippen molar-refractivity contribution in [1.29, 1.82) is 0 Å². The predicted octanol–water partition coefficient (Wildman–Crippen LogP) is 1.82. The lowest BCUT2D eigenvalue weighted by Gasteiger charge is -2.07. The lowest BCUT2D eigenvalue weighted by Crippen LogP contribution is -2.38. The van der Waals surface area contributed by atoms with Gasteiger partial charge in [0.15, 0.2) is 6.54 Å². The molecule has 5 nitrogen and oxygen atoms in total. The predicted molar refractivity (Wildman–Crippen MR) is 71.9 cm³/mol. The first-order valence-electron chi connectivity index (χ1n) is 5.94. The lowest BCUT2D eigenvalue weighted by atomic mass is 10.2. The van der Waals surface area contributed by atoms with Crippen LogP contribution in [0.3, 0.4) is 0 Å². The molecular weight excluding hydrogens is 310 g/mol. The zero-order chi connectivity index (χ0) is 13.8. The molecule has 0 atom stereocenters. The van der Waals surface area contributed by atoms with Crippen molar-refractivity contribution in [2.75, 3.05) is 0 Å². The second kappa shape index (κ2) is 5.97. The second-order valence-electron chi connectivity index (χ2n) is 4.53. The molecule has 0 radical (unpaired) electrons. The quantitative estimate of drug-likeness (QED) is 0.489. The molecule has 0 unspecified atom stereocenters. The first-order chi connectivity index (χ1) is 9.08. The average Bonchev–Trinajstić information content (AvgIpc) is 2.72. The molecule has 19 heavy (non-hydrogen) atoms. The molecule has 1 aromatic heterocycles. The Bertz CT molecular complexity index is 579. The van der Waals surface area contributed by atoms with Gasteiger partial charge >= 0.3 is 10.5 Å². The Morgan fingerprint density at radius 1 is 1.42 bits per heavy atom. The Balaban J connectivity index is 2.26. The van der Waals surface area contributed by atoms with Gasteiger partial charge in [0.25, 0.3) is 0 Å². The van der Waals surface area contributed by atoms with Crippen molar-refractivity contribution in [2.45, 2.75) is 20.4 Å². The van der Waals surface area contributed by atoms with Crippen molar-refractivity contribution >= 4 is 27.7 Å². The minimum atomic E-state index is -0.353. The summed E-state index contributed by atoms with van der Waals surface area (Å²) in [5, 5.41) is 15.8. The molecular formula is C13H14BrN3O2. The third kappa shape index (κ3) is 3.41. The summed E-state index contributed by atoms with van der Waals surface area (Å²) in [4.78, 5) is 3.92. The highest BCUT2D eigenvalue weighted by atomic mass is 79.9. The zero-order valence-corrected chi connectivity index (χ0v) is 12.3. The lowest BCUT2D eigenvalue weighted by molar-refractivity contribution is -0.775. The molecule has 1 heterocycles. The van der Waals surface area contributed by atoms with Gasteiger partial charge in [-0.05, 0) is 16.1 Å². The fraction of sp³-hybridized carbons (Fsp3) is 0.308. The van der Waals surface area contributed by atoms with E-state index in [-0.39, 0.29) is 11.8 Å². The largest absolute Gasteiger partial charge is 0.858 e. The van der Waals surface area contributed by atoms with Gasteiger partial charge in [-0.3, -0.25) is 4.52 Å². The van der Waals surface area contributed by atoms with Gasteiger partial charge in [-0.15, -0.1) is 0 Å². The van der Waals surface area contributed by atoms with Crippen LogP contribution in [0.2, 0.25) is 0 Å². The zero-order valence-electron chi connectivity index (χ0n) is 10.7. The van der Waals surface area contributed by atoms with Crippen LogP contribution in [-0.4, -0.2) is 11.2 Å². The van der Waals surface area contributed by atoms with E-state index >= 15 is 0 Å². The molecule has 0 saturated carbocycles. The van der Waals surface area contributed by atoms with Gasteiger partial charge in [0.2, 0.25) is 5.27 Å². The maximum atomic E-state index is 11.9. The molecule has 6 heteroatoms. The first-order valence-corrected chi connectivity index (χ1v) is 6.73. The van der Waals surface area contributed by atoms with Crippen molar-refractivity contribution in [2.24, 2.45) is 10.9 Å². The molecule has 0 amide bonds. The highest BCUT2D eigenvalue weighted by molar-refractivity contribution is 9.10. The molecule has 0 bridgehead atoms. The van der Waals surface area contributed by atoms with Crippen LogP contribution in [0.4, 0.5) is 5.88 Å². The number of aromatic nitrogens is 2. The standard InChI is InChI=1S/C13H14BrN3O2/c1-9(2)8-17-11(14)13(19-16-17)15-12(18)10-6-4-3-5-7-10/h3-7,9H,8H2,1-2H3. The van der Waals surface area contributed by atoms with Crippen molar-refractivity contribution < 1.29 is 14.3 Å². The SMILES string of the molecule is CC(C)C[n+]1noc(N=C([O-])c2ccccc2)c1Br. The summed E-state index contributed by atoms with van der Waals surface area (Å²) in [6.45, 7) is 4.83. The maximum Gasteiger partial charge on any atom is 0.341 e. The summed E-state index contributed by atoms with van der Waals surface area (Å²) in [5.41, 5.74) is 0.515. The van der Waals surface area contributed by atoms with Crippen molar-refractivity contribution in [1.82, 2.24) is 5.27 Å². The molecule has 2 aromatic rings. The van der Waals surface area contributed by atoms with Crippen molar-refractivity contribution in [3.63, 3.8) is 0 Å². The van der Waals surface area contributed by atoms with Crippen LogP contribution in [0.15, 0.2) is 44.5 Å². The Morgan fingerprint density at radius 3 is 2.74 bits per heavy atom. The summed E-state index contributed by atoms with van der Waals surface area (Å²) in [6, 6.07) is 8.84. The molecule has 0 aliphatic carbocycles. The molecule has 100 valence electrons. The first kappa shape index (κ1) is 13.7. The molecule has 0 spiro atoms. The van der Waals surface area contributed by atoms with Gasteiger partial charge in [-0.25, -0.2) is 4.99 Å².